The fourth-order valence-corrected chi connectivity index (χ4v) is 5.86. The molecule has 3 aliphatic rings. The third kappa shape index (κ3) is 2.75. The first-order valence-corrected chi connectivity index (χ1v) is 11.7. The number of ether oxygens (including phenoxy) is 1. The van der Waals surface area contributed by atoms with Gasteiger partial charge in [-0.3, -0.25) is 19.2 Å². The summed E-state index contributed by atoms with van der Waals surface area (Å²) in [5.74, 6) is -4.61. The van der Waals surface area contributed by atoms with Crippen molar-refractivity contribution in [1.29, 1.82) is 0 Å². The van der Waals surface area contributed by atoms with Crippen LogP contribution >= 0.6 is 11.6 Å². The Morgan fingerprint density at radius 3 is 2.06 bits per heavy atom. The van der Waals surface area contributed by atoms with Crippen LogP contribution in [0.1, 0.15) is 43.5 Å². The zero-order chi connectivity index (χ0) is 24.6. The highest BCUT2D eigenvalue weighted by molar-refractivity contribution is 6.37. The number of anilines is 1. The minimum atomic E-state index is -2.10. The van der Waals surface area contributed by atoms with Crippen LogP contribution in [0.15, 0.2) is 66.7 Å². The van der Waals surface area contributed by atoms with Gasteiger partial charge in [-0.15, -0.1) is 0 Å². The van der Waals surface area contributed by atoms with Gasteiger partial charge < -0.3 is 4.74 Å². The molecule has 3 unspecified atom stereocenters. The predicted octanol–water partition coefficient (Wildman–Crippen LogP) is 4.65. The Kier molecular flexibility index (Phi) is 4.66. The number of nitrogens with zero attached hydrogens (tertiary/aromatic N) is 1. The standard InChI is InChI=1S/C28H20ClNO5/c1-14-10-12-16(13-11-14)30-26(33)21-22(27(30)34)28(24(31)18-6-3-4-7-19(18)25(28)32)35-23(21)17-8-5-9-20(29)15(17)2/h3-13,21-23H,1-2H3. The van der Waals surface area contributed by atoms with Crippen LogP contribution in [0.4, 0.5) is 5.69 Å². The van der Waals surface area contributed by atoms with Crippen LogP contribution in [0.5, 0.6) is 0 Å². The molecule has 2 aliphatic heterocycles. The number of Topliss-reactive ketones (excluding diaryl/α,β-unsaturated/α-hetero) is 2. The van der Waals surface area contributed by atoms with E-state index in [4.69, 9.17) is 16.3 Å². The molecule has 0 saturated carbocycles. The van der Waals surface area contributed by atoms with Gasteiger partial charge in [-0.25, -0.2) is 4.90 Å². The number of imide groups is 1. The van der Waals surface area contributed by atoms with Crippen molar-refractivity contribution >= 4 is 40.7 Å². The molecule has 6 nitrogen and oxygen atoms in total. The minimum absolute atomic E-state index is 0.203. The molecule has 0 N–H and O–H groups in total. The highest BCUT2D eigenvalue weighted by atomic mass is 35.5. The molecule has 2 amide bonds. The molecule has 35 heavy (non-hydrogen) atoms. The number of carbonyl (C=O) groups is 4. The summed E-state index contributed by atoms with van der Waals surface area (Å²) < 4.78 is 6.32. The first-order chi connectivity index (χ1) is 16.8. The molecule has 2 saturated heterocycles. The summed E-state index contributed by atoms with van der Waals surface area (Å²) in [6, 6.07) is 18.6. The number of hydrogen-bond acceptors (Lipinski definition) is 5. The first kappa shape index (κ1) is 21.9. The summed E-state index contributed by atoms with van der Waals surface area (Å²) in [6.07, 6.45) is -0.993. The van der Waals surface area contributed by atoms with Crippen LogP contribution in [-0.4, -0.2) is 29.0 Å². The molecule has 1 aliphatic carbocycles. The number of hydrogen-bond donors (Lipinski definition) is 0. The van der Waals surface area contributed by atoms with Crippen LogP contribution in [0.3, 0.4) is 0 Å². The SMILES string of the molecule is Cc1ccc(N2C(=O)C3C(c4cccc(Cl)c4C)OC4(C(=O)c5ccccc5C4=O)C3C2=O)cc1. The van der Waals surface area contributed by atoms with E-state index in [1.54, 1.807) is 73.7 Å². The fourth-order valence-electron chi connectivity index (χ4n) is 5.68. The van der Waals surface area contributed by atoms with Gasteiger partial charge in [0.15, 0.2) is 0 Å². The van der Waals surface area contributed by atoms with Crippen LogP contribution in [0, 0.1) is 25.7 Å². The largest absolute Gasteiger partial charge is 0.349 e. The smallest absolute Gasteiger partial charge is 0.241 e. The molecular weight excluding hydrogens is 466 g/mol. The Labute approximate surface area is 206 Å². The second-order valence-electron chi connectivity index (χ2n) is 9.28. The number of amides is 2. The van der Waals surface area contributed by atoms with Crippen LogP contribution in [-0.2, 0) is 14.3 Å². The molecule has 2 fully saturated rings. The highest BCUT2D eigenvalue weighted by Gasteiger charge is 2.74. The highest BCUT2D eigenvalue weighted by Crippen LogP contribution is 2.58. The first-order valence-electron chi connectivity index (χ1n) is 11.3. The summed E-state index contributed by atoms with van der Waals surface area (Å²) in [6.45, 7) is 3.69. The van der Waals surface area contributed by atoms with Gasteiger partial charge in [-0.1, -0.05) is 65.7 Å². The lowest BCUT2D eigenvalue weighted by atomic mass is 9.77. The molecule has 3 aromatic rings. The normalized spacial score (nSPS) is 24.4. The Morgan fingerprint density at radius 1 is 0.800 bits per heavy atom. The Balaban J connectivity index is 1.57. The fraction of sp³-hybridized carbons (Fsp3) is 0.214. The van der Waals surface area contributed by atoms with E-state index in [9.17, 15) is 19.2 Å². The van der Waals surface area contributed by atoms with Gasteiger partial charge >= 0.3 is 0 Å². The van der Waals surface area contributed by atoms with Crippen molar-refractivity contribution in [3.05, 3.63) is 99.6 Å². The van der Waals surface area contributed by atoms with Gasteiger partial charge in [-0.05, 0) is 43.2 Å². The number of carbonyl (C=O) groups excluding carboxylic acids is 4. The zero-order valence-electron chi connectivity index (χ0n) is 18.9. The van der Waals surface area contributed by atoms with Gasteiger partial charge in [-0.2, -0.15) is 0 Å². The quantitative estimate of drug-likeness (QED) is 0.390. The van der Waals surface area contributed by atoms with E-state index < -0.39 is 46.9 Å². The monoisotopic (exact) mass is 485 g/mol. The molecule has 3 aromatic carbocycles. The van der Waals surface area contributed by atoms with Gasteiger partial charge in [0.25, 0.3) is 0 Å². The lowest BCUT2D eigenvalue weighted by Crippen LogP contribution is -2.51. The Morgan fingerprint density at radius 2 is 1.43 bits per heavy atom. The number of halogens is 1. The van der Waals surface area contributed by atoms with Gasteiger partial charge in [0.1, 0.15) is 0 Å². The molecule has 0 bridgehead atoms. The third-order valence-electron chi connectivity index (χ3n) is 7.43. The average Bonchev–Trinajstić information content (AvgIpc) is 3.42. The maximum absolute atomic E-state index is 13.9. The maximum Gasteiger partial charge on any atom is 0.241 e. The molecule has 1 spiro atoms. The van der Waals surface area contributed by atoms with Crippen molar-refractivity contribution in [2.75, 3.05) is 4.90 Å². The number of aryl methyl sites for hydroxylation is 1. The molecule has 7 heteroatoms. The van der Waals surface area contributed by atoms with Crippen LogP contribution in [0.25, 0.3) is 0 Å². The molecule has 174 valence electrons. The second kappa shape index (κ2) is 7.44. The molecule has 2 heterocycles. The summed E-state index contributed by atoms with van der Waals surface area (Å²) >= 11 is 6.37. The third-order valence-corrected chi connectivity index (χ3v) is 7.84. The van der Waals surface area contributed by atoms with Crippen LogP contribution < -0.4 is 4.90 Å². The van der Waals surface area contributed by atoms with E-state index >= 15 is 0 Å². The number of ketones is 2. The second-order valence-corrected chi connectivity index (χ2v) is 9.69. The summed E-state index contributed by atoms with van der Waals surface area (Å²) in [7, 11) is 0. The molecule has 3 atom stereocenters. The average molecular weight is 486 g/mol. The number of fused-ring (bicyclic) bond motifs is 3. The van der Waals surface area contributed by atoms with Crippen molar-refractivity contribution in [1.82, 2.24) is 0 Å². The van der Waals surface area contributed by atoms with Crippen molar-refractivity contribution < 1.29 is 23.9 Å². The Bertz CT molecular complexity index is 1430. The summed E-state index contributed by atoms with van der Waals surface area (Å²) in [5, 5.41) is 0.461. The van der Waals surface area contributed by atoms with Crippen molar-refractivity contribution in [3.8, 4) is 0 Å². The lowest BCUT2D eigenvalue weighted by molar-refractivity contribution is -0.127. The molecule has 0 radical (unpaired) electrons. The van der Waals surface area contributed by atoms with E-state index in [2.05, 4.69) is 0 Å². The van der Waals surface area contributed by atoms with E-state index in [1.807, 2.05) is 6.92 Å². The van der Waals surface area contributed by atoms with Crippen molar-refractivity contribution in [3.63, 3.8) is 0 Å². The minimum Gasteiger partial charge on any atom is -0.349 e. The van der Waals surface area contributed by atoms with Gasteiger partial charge in [0.05, 0.1) is 23.6 Å². The van der Waals surface area contributed by atoms with Crippen molar-refractivity contribution in [2.45, 2.75) is 25.6 Å². The molecule has 6 rings (SSSR count). The molecular formula is C28H20ClNO5. The van der Waals surface area contributed by atoms with E-state index in [0.717, 1.165) is 10.5 Å². The summed E-state index contributed by atoms with van der Waals surface area (Å²) in [5.41, 5.74) is 0.915. The summed E-state index contributed by atoms with van der Waals surface area (Å²) in [4.78, 5) is 56.4. The lowest BCUT2D eigenvalue weighted by Gasteiger charge is -2.27. The van der Waals surface area contributed by atoms with E-state index in [1.165, 1.54) is 0 Å². The van der Waals surface area contributed by atoms with Gasteiger partial charge in [0.2, 0.25) is 29.0 Å². The van der Waals surface area contributed by atoms with E-state index in [-0.39, 0.29) is 11.1 Å². The Hall–Kier alpha value is -3.61. The number of rotatable bonds is 2. The predicted molar refractivity (Wildman–Crippen MR) is 129 cm³/mol. The number of benzene rings is 3. The maximum atomic E-state index is 13.9. The van der Waals surface area contributed by atoms with Gasteiger partial charge in [0, 0.05) is 16.1 Å². The topological polar surface area (TPSA) is 80.8 Å². The van der Waals surface area contributed by atoms with Crippen molar-refractivity contribution in [2.24, 2.45) is 11.8 Å². The van der Waals surface area contributed by atoms with E-state index in [0.29, 0.717) is 21.8 Å². The zero-order valence-corrected chi connectivity index (χ0v) is 19.7. The van der Waals surface area contributed by atoms with Crippen LogP contribution in [0.2, 0.25) is 5.02 Å². The molecule has 0 aromatic heterocycles.